The average molecular weight is 311 g/mol. The lowest BCUT2D eigenvalue weighted by molar-refractivity contribution is -0.126. The molecule has 0 aromatic heterocycles. The van der Waals surface area contributed by atoms with E-state index in [1.165, 1.54) is 0 Å². The molecule has 0 spiro atoms. The highest BCUT2D eigenvalue weighted by Crippen LogP contribution is 2.19. The maximum atomic E-state index is 12.1. The number of para-hydroxylation sites is 1. The molecule has 4 nitrogen and oxygen atoms in total. The van der Waals surface area contributed by atoms with Crippen molar-refractivity contribution in [3.8, 4) is 5.75 Å². The van der Waals surface area contributed by atoms with Crippen molar-refractivity contribution in [3.63, 3.8) is 0 Å². The van der Waals surface area contributed by atoms with Gasteiger partial charge in [-0.05, 0) is 31.9 Å². The van der Waals surface area contributed by atoms with Crippen molar-refractivity contribution < 1.29 is 9.53 Å². The number of nitrogens with two attached hydrogens (primary N) is 1. The van der Waals surface area contributed by atoms with Gasteiger partial charge in [0.15, 0.2) is 0 Å². The minimum Gasteiger partial charge on any atom is -0.493 e. The molecule has 0 saturated carbocycles. The van der Waals surface area contributed by atoms with Gasteiger partial charge >= 0.3 is 0 Å². The molecular formula is C16H23ClN2O2. The van der Waals surface area contributed by atoms with Crippen molar-refractivity contribution in [1.82, 2.24) is 4.90 Å². The first-order chi connectivity index (χ1) is 9.70. The molecule has 116 valence electrons. The summed E-state index contributed by atoms with van der Waals surface area (Å²) in [5.74, 6) is 0.850. The summed E-state index contributed by atoms with van der Waals surface area (Å²) < 4.78 is 5.54. The van der Waals surface area contributed by atoms with Crippen LogP contribution in [0.3, 0.4) is 0 Å². The van der Waals surface area contributed by atoms with Crippen LogP contribution in [-0.4, -0.2) is 36.5 Å². The number of ether oxygens (including phenoxy) is 1. The highest BCUT2D eigenvalue weighted by Gasteiger charge is 2.18. The largest absolute Gasteiger partial charge is 0.493 e. The Balaban J connectivity index is 0.00000220. The van der Waals surface area contributed by atoms with Gasteiger partial charge in [0, 0.05) is 30.8 Å². The molecule has 2 N–H and O–H groups in total. The summed E-state index contributed by atoms with van der Waals surface area (Å²) in [7, 11) is 0. The van der Waals surface area contributed by atoms with Crippen LogP contribution in [0.2, 0.25) is 0 Å². The van der Waals surface area contributed by atoms with Crippen LogP contribution >= 0.6 is 12.4 Å². The number of nitrogens with zero attached hydrogens (tertiary/aromatic N) is 1. The van der Waals surface area contributed by atoms with E-state index in [-0.39, 0.29) is 24.4 Å². The monoisotopic (exact) mass is 310 g/mol. The lowest BCUT2D eigenvalue weighted by Crippen LogP contribution is -2.42. The molecule has 1 amide bonds. The number of likely N-dealkylation sites (tertiary alicyclic amines) is 1. The quantitative estimate of drug-likeness (QED) is 0.869. The summed E-state index contributed by atoms with van der Waals surface area (Å²) in [6.45, 7) is 4.06. The third-order valence-corrected chi connectivity index (χ3v) is 3.48. The molecule has 1 aromatic rings. The molecule has 0 atom stereocenters. The molecule has 5 heteroatoms. The van der Waals surface area contributed by atoms with Gasteiger partial charge in [-0.3, -0.25) is 4.79 Å². The van der Waals surface area contributed by atoms with Crippen LogP contribution in [0.5, 0.6) is 5.75 Å². The fourth-order valence-corrected chi connectivity index (χ4v) is 2.29. The first kappa shape index (κ1) is 17.5. The molecule has 1 heterocycles. The van der Waals surface area contributed by atoms with Crippen LogP contribution in [0.15, 0.2) is 30.3 Å². The van der Waals surface area contributed by atoms with Gasteiger partial charge in [-0.1, -0.05) is 18.2 Å². The second-order valence-electron chi connectivity index (χ2n) is 4.97. The topological polar surface area (TPSA) is 55.6 Å². The fourth-order valence-electron chi connectivity index (χ4n) is 2.29. The standard InChI is InChI=1S/C16H22N2O2.ClH/c1-2-20-15-6-4-3-5-13(15)7-8-16(19)18-11-9-14(17)10-12-18;/h3-8,14H,2,9-12,17H2,1H3;1H. The lowest BCUT2D eigenvalue weighted by atomic mass is 10.1. The van der Waals surface area contributed by atoms with Crippen molar-refractivity contribution >= 4 is 24.4 Å². The second kappa shape index (κ2) is 8.70. The number of carbonyl (C=O) groups is 1. The Bertz CT molecular complexity index is 483. The van der Waals surface area contributed by atoms with Gasteiger partial charge in [0.25, 0.3) is 0 Å². The summed E-state index contributed by atoms with van der Waals surface area (Å²) in [4.78, 5) is 14.0. The highest BCUT2D eigenvalue weighted by atomic mass is 35.5. The predicted molar refractivity (Wildman–Crippen MR) is 87.7 cm³/mol. The van der Waals surface area contributed by atoms with E-state index in [1.54, 1.807) is 6.08 Å². The summed E-state index contributed by atoms with van der Waals surface area (Å²) in [6, 6.07) is 7.96. The number of halogens is 1. The Kier molecular flexibility index (Phi) is 7.26. The minimum atomic E-state index is 0. The van der Waals surface area contributed by atoms with Crippen LogP contribution in [0.1, 0.15) is 25.3 Å². The van der Waals surface area contributed by atoms with E-state index >= 15 is 0 Å². The van der Waals surface area contributed by atoms with E-state index < -0.39 is 0 Å². The van der Waals surface area contributed by atoms with Gasteiger partial charge in [-0.25, -0.2) is 0 Å². The summed E-state index contributed by atoms with van der Waals surface area (Å²) in [6.07, 6.45) is 5.21. The number of piperidine rings is 1. The minimum absolute atomic E-state index is 0. The molecule has 0 unspecified atom stereocenters. The van der Waals surface area contributed by atoms with Crippen LogP contribution < -0.4 is 10.5 Å². The molecule has 0 aliphatic carbocycles. The number of hydrogen-bond acceptors (Lipinski definition) is 3. The third-order valence-electron chi connectivity index (χ3n) is 3.48. The number of rotatable bonds is 4. The Morgan fingerprint density at radius 2 is 2.05 bits per heavy atom. The molecule has 0 radical (unpaired) electrons. The normalized spacial score (nSPS) is 15.8. The zero-order chi connectivity index (χ0) is 14.4. The van der Waals surface area contributed by atoms with Crippen LogP contribution in [0.25, 0.3) is 6.08 Å². The predicted octanol–water partition coefficient (Wildman–Crippen LogP) is 2.47. The molecule has 1 aliphatic heterocycles. The SMILES string of the molecule is CCOc1ccccc1C=CC(=O)N1CCC(N)CC1.Cl. The lowest BCUT2D eigenvalue weighted by Gasteiger charge is -2.29. The van der Waals surface area contributed by atoms with E-state index in [0.717, 1.165) is 37.2 Å². The van der Waals surface area contributed by atoms with Gasteiger partial charge in [-0.2, -0.15) is 0 Å². The van der Waals surface area contributed by atoms with Gasteiger partial charge in [0.05, 0.1) is 6.61 Å². The van der Waals surface area contributed by atoms with Crippen molar-refractivity contribution in [2.75, 3.05) is 19.7 Å². The Hall–Kier alpha value is -1.52. The second-order valence-corrected chi connectivity index (χ2v) is 4.97. The number of carbonyl (C=O) groups excluding carboxylic acids is 1. The van der Waals surface area contributed by atoms with E-state index in [9.17, 15) is 4.79 Å². The Labute approximate surface area is 132 Å². The zero-order valence-electron chi connectivity index (χ0n) is 12.3. The summed E-state index contributed by atoms with van der Waals surface area (Å²) >= 11 is 0. The van der Waals surface area contributed by atoms with Crippen LogP contribution in [-0.2, 0) is 4.79 Å². The molecular weight excluding hydrogens is 288 g/mol. The van der Waals surface area contributed by atoms with Gasteiger partial charge < -0.3 is 15.4 Å². The summed E-state index contributed by atoms with van der Waals surface area (Å²) in [5, 5.41) is 0. The van der Waals surface area contributed by atoms with Crippen molar-refractivity contribution in [2.24, 2.45) is 5.73 Å². The maximum absolute atomic E-state index is 12.1. The number of hydrogen-bond donors (Lipinski definition) is 1. The van der Waals surface area contributed by atoms with Crippen LogP contribution in [0, 0.1) is 0 Å². The number of benzene rings is 1. The van der Waals surface area contributed by atoms with Crippen molar-refractivity contribution in [1.29, 1.82) is 0 Å². The molecule has 1 saturated heterocycles. The molecule has 1 aliphatic rings. The van der Waals surface area contributed by atoms with Gasteiger partial charge in [0.1, 0.15) is 5.75 Å². The van der Waals surface area contributed by atoms with E-state index in [0.29, 0.717) is 6.61 Å². The van der Waals surface area contributed by atoms with E-state index in [2.05, 4.69) is 0 Å². The Morgan fingerprint density at radius 3 is 2.71 bits per heavy atom. The van der Waals surface area contributed by atoms with Crippen molar-refractivity contribution in [3.05, 3.63) is 35.9 Å². The molecule has 0 bridgehead atoms. The smallest absolute Gasteiger partial charge is 0.246 e. The first-order valence-corrected chi connectivity index (χ1v) is 7.15. The van der Waals surface area contributed by atoms with Gasteiger partial charge in [-0.15, -0.1) is 12.4 Å². The first-order valence-electron chi connectivity index (χ1n) is 7.15. The molecule has 1 fully saturated rings. The number of amides is 1. The third kappa shape index (κ3) is 5.06. The van der Waals surface area contributed by atoms with E-state index in [1.807, 2.05) is 42.2 Å². The van der Waals surface area contributed by atoms with E-state index in [4.69, 9.17) is 10.5 Å². The maximum Gasteiger partial charge on any atom is 0.246 e. The van der Waals surface area contributed by atoms with Crippen molar-refractivity contribution in [2.45, 2.75) is 25.8 Å². The molecule has 1 aromatic carbocycles. The Morgan fingerprint density at radius 1 is 1.38 bits per heavy atom. The molecule has 21 heavy (non-hydrogen) atoms. The average Bonchev–Trinajstić information content (AvgIpc) is 2.47. The highest BCUT2D eigenvalue weighted by molar-refractivity contribution is 5.92. The molecule has 2 rings (SSSR count). The zero-order valence-corrected chi connectivity index (χ0v) is 13.1. The fraction of sp³-hybridized carbons (Fsp3) is 0.438. The van der Waals surface area contributed by atoms with Crippen LogP contribution in [0.4, 0.5) is 0 Å². The van der Waals surface area contributed by atoms with Gasteiger partial charge in [0.2, 0.25) is 5.91 Å². The summed E-state index contributed by atoms with van der Waals surface area (Å²) in [5.41, 5.74) is 6.77.